The molecule has 1 saturated carbocycles. The van der Waals surface area contributed by atoms with Crippen molar-refractivity contribution in [3.8, 4) is 0 Å². The minimum Gasteiger partial charge on any atom is -0.307 e. The lowest BCUT2D eigenvalue weighted by Crippen LogP contribution is -2.18. The summed E-state index contributed by atoms with van der Waals surface area (Å²) >= 11 is 0. The molecule has 2 aromatic heterocycles. The third kappa shape index (κ3) is 3.46. The van der Waals surface area contributed by atoms with Gasteiger partial charge in [0.1, 0.15) is 0 Å². The van der Waals surface area contributed by atoms with Gasteiger partial charge in [0.15, 0.2) is 0 Å². The van der Waals surface area contributed by atoms with Crippen LogP contribution in [0.1, 0.15) is 55.1 Å². The van der Waals surface area contributed by atoms with Gasteiger partial charge < -0.3 is 4.57 Å². The zero-order valence-corrected chi connectivity index (χ0v) is 16.8. The highest BCUT2D eigenvalue weighted by Gasteiger charge is 2.22. The number of amides is 1. The molecule has 6 nitrogen and oxygen atoms in total. The topological polar surface area (TPSA) is 64.7 Å². The normalized spacial score (nSPS) is 15.5. The number of para-hydroxylation sites is 2. The quantitative estimate of drug-likeness (QED) is 0.679. The Kier molecular flexibility index (Phi) is 5.03. The van der Waals surface area contributed by atoms with Crippen LogP contribution in [0, 0.1) is 13.8 Å². The molecule has 1 amide bonds. The number of carbonyl (C=O) groups is 1. The number of nitrogens with zero attached hydrogens (tertiary/aromatic N) is 4. The first-order valence-electron chi connectivity index (χ1n) is 10.0. The minimum atomic E-state index is -0.171. The maximum Gasteiger partial charge on any atom is 0.250 e. The number of rotatable bonds is 4. The molecule has 28 heavy (non-hydrogen) atoms. The van der Waals surface area contributed by atoms with E-state index >= 15 is 0 Å². The van der Waals surface area contributed by atoms with Crippen molar-refractivity contribution < 1.29 is 4.79 Å². The van der Waals surface area contributed by atoms with Crippen molar-refractivity contribution in [3.63, 3.8) is 0 Å². The van der Waals surface area contributed by atoms with Gasteiger partial charge >= 0.3 is 0 Å². The van der Waals surface area contributed by atoms with Crippen molar-refractivity contribution in [2.45, 2.75) is 52.0 Å². The highest BCUT2D eigenvalue weighted by atomic mass is 16.1. The summed E-state index contributed by atoms with van der Waals surface area (Å²) in [6.45, 7) is 3.95. The predicted octanol–water partition coefficient (Wildman–Crippen LogP) is 4.54. The first-order chi connectivity index (χ1) is 13.5. The van der Waals surface area contributed by atoms with Gasteiger partial charge in [-0.15, -0.1) is 0 Å². The Balaban J connectivity index is 1.62. The Morgan fingerprint density at radius 1 is 1.18 bits per heavy atom. The molecular formula is C22H27N5O. The maximum absolute atomic E-state index is 12.6. The van der Waals surface area contributed by atoms with E-state index < -0.39 is 0 Å². The number of benzene rings is 1. The van der Waals surface area contributed by atoms with Gasteiger partial charge in [0, 0.05) is 30.4 Å². The van der Waals surface area contributed by atoms with Crippen LogP contribution < -0.4 is 5.32 Å². The zero-order valence-electron chi connectivity index (χ0n) is 16.8. The van der Waals surface area contributed by atoms with Crippen molar-refractivity contribution in [2.75, 3.05) is 5.32 Å². The molecular weight excluding hydrogens is 350 g/mol. The van der Waals surface area contributed by atoms with E-state index in [1.807, 2.05) is 49.9 Å². The summed E-state index contributed by atoms with van der Waals surface area (Å²) in [5.74, 6) is 0.470. The van der Waals surface area contributed by atoms with Crippen LogP contribution in [0.15, 0.2) is 30.3 Å². The van der Waals surface area contributed by atoms with E-state index in [2.05, 4.69) is 21.0 Å². The molecule has 146 valence electrons. The molecule has 2 heterocycles. The fourth-order valence-corrected chi connectivity index (χ4v) is 4.18. The molecule has 0 radical (unpaired) electrons. The Morgan fingerprint density at radius 3 is 2.64 bits per heavy atom. The molecule has 0 atom stereocenters. The summed E-state index contributed by atoms with van der Waals surface area (Å²) in [6, 6.07) is 8.50. The lowest BCUT2D eigenvalue weighted by Gasteiger charge is -2.25. The molecule has 0 spiro atoms. The third-order valence-electron chi connectivity index (χ3n) is 5.74. The highest BCUT2D eigenvalue weighted by molar-refractivity contribution is 6.02. The Morgan fingerprint density at radius 2 is 1.93 bits per heavy atom. The molecule has 4 rings (SSSR count). The molecule has 6 heteroatoms. The van der Waals surface area contributed by atoms with E-state index in [1.165, 1.54) is 19.3 Å². The molecule has 0 unspecified atom stereocenters. The largest absolute Gasteiger partial charge is 0.307 e. The Labute approximate surface area is 165 Å². The van der Waals surface area contributed by atoms with Crippen LogP contribution in [0.2, 0.25) is 0 Å². The number of nitrogens with one attached hydrogen (secondary N) is 1. The van der Waals surface area contributed by atoms with Crippen LogP contribution in [0.5, 0.6) is 0 Å². The fourth-order valence-electron chi connectivity index (χ4n) is 4.18. The monoisotopic (exact) mass is 377 g/mol. The van der Waals surface area contributed by atoms with Crippen LogP contribution in [0.25, 0.3) is 17.1 Å². The van der Waals surface area contributed by atoms with Gasteiger partial charge in [-0.2, -0.15) is 5.10 Å². The number of fused-ring (bicyclic) bond motifs is 1. The first-order valence-corrected chi connectivity index (χ1v) is 10.0. The molecule has 1 aromatic carbocycles. The van der Waals surface area contributed by atoms with Crippen LogP contribution >= 0.6 is 0 Å². The Hall–Kier alpha value is -2.89. The number of hydrogen-bond donors (Lipinski definition) is 1. The van der Waals surface area contributed by atoms with Gasteiger partial charge in [0.25, 0.3) is 5.91 Å². The molecule has 1 fully saturated rings. The van der Waals surface area contributed by atoms with Gasteiger partial charge in [-0.25, -0.2) is 4.98 Å². The second-order valence-electron chi connectivity index (χ2n) is 7.62. The minimum absolute atomic E-state index is 0.171. The molecule has 3 aromatic rings. The molecule has 1 aliphatic rings. The summed E-state index contributed by atoms with van der Waals surface area (Å²) in [7, 11) is 1.91. The molecule has 0 bridgehead atoms. The first kappa shape index (κ1) is 18.5. The summed E-state index contributed by atoms with van der Waals surface area (Å²) < 4.78 is 4.05. The number of aryl methyl sites for hydroxylation is 2. The van der Waals surface area contributed by atoms with Gasteiger partial charge in [0.05, 0.1) is 16.7 Å². The standard InChI is InChI=1S/C22H27N5O/c1-15-18(16(2)26(3)25-15)13-14-21(28)24-22-23-19-11-7-8-12-20(19)27(22)17-9-5-4-6-10-17/h7-8,11-14,17H,4-6,9-10H2,1-3H3,(H,23,24,28). The van der Waals surface area contributed by atoms with Crippen LogP contribution in [0.4, 0.5) is 5.95 Å². The van der Waals surface area contributed by atoms with Crippen molar-refractivity contribution in [2.24, 2.45) is 7.05 Å². The third-order valence-corrected chi connectivity index (χ3v) is 5.74. The highest BCUT2D eigenvalue weighted by Crippen LogP contribution is 2.34. The van der Waals surface area contributed by atoms with Gasteiger partial charge in [-0.1, -0.05) is 31.4 Å². The number of imidazole rings is 1. The van der Waals surface area contributed by atoms with E-state index in [0.717, 1.165) is 40.8 Å². The summed E-state index contributed by atoms with van der Waals surface area (Å²) in [5.41, 5.74) is 4.95. The molecule has 0 saturated heterocycles. The number of aromatic nitrogens is 4. The van der Waals surface area contributed by atoms with E-state index in [9.17, 15) is 4.79 Å². The van der Waals surface area contributed by atoms with E-state index in [0.29, 0.717) is 12.0 Å². The number of carbonyl (C=O) groups excluding carboxylic acids is 1. The van der Waals surface area contributed by atoms with Crippen molar-refractivity contribution in [1.29, 1.82) is 0 Å². The van der Waals surface area contributed by atoms with E-state index in [4.69, 9.17) is 4.98 Å². The molecule has 0 aliphatic heterocycles. The molecule has 1 N–H and O–H groups in total. The van der Waals surface area contributed by atoms with Crippen molar-refractivity contribution >= 4 is 29.0 Å². The van der Waals surface area contributed by atoms with Gasteiger partial charge in [-0.05, 0) is 44.9 Å². The van der Waals surface area contributed by atoms with E-state index in [1.54, 1.807) is 6.08 Å². The smallest absolute Gasteiger partial charge is 0.250 e. The lowest BCUT2D eigenvalue weighted by molar-refractivity contribution is -0.111. The predicted molar refractivity (Wildman–Crippen MR) is 112 cm³/mol. The summed E-state index contributed by atoms with van der Waals surface area (Å²) in [6.07, 6.45) is 9.41. The van der Waals surface area contributed by atoms with Gasteiger partial charge in [0.2, 0.25) is 5.95 Å². The van der Waals surface area contributed by atoms with Crippen LogP contribution in [0.3, 0.4) is 0 Å². The average Bonchev–Trinajstić information content (AvgIpc) is 3.17. The van der Waals surface area contributed by atoms with Crippen LogP contribution in [-0.4, -0.2) is 25.2 Å². The second-order valence-corrected chi connectivity index (χ2v) is 7.62. The van der Waals surface area contributed by atoms with Crippen LogP contribution in [-0.2, 0) is 11.8 Å². The van der Waals surface area contributed by atoms with E-state index in [-0.39, 0.29) is 5.91 Å². The summed E-state index contributed by atoms with van der Waals surface area (Å²) in [4.78, 5) is 17.4. The zero-order chi connectivity index (χ0) is 19.7. The number of hydrogen-bond acceptors (Lipinski definition) is 3. The molecule has 1 aliphatic carbocycles. The van der Waals surface area contributed by atoms with Crippen molar-refractivity contribution in [3.05, 3.63) is 47.3 Å². The Bertz CT molecular complexity index is 1040. The fraction of sp³-hybridized carbons (Fsp3) is 0.409. The van der Waals surface area contributed by atoms with Crippen molar-refractivity contribution in [1.82, 2.24) is 19.3 Å². The average molecular weight is 377 g/mol. The second kappa shape index (κ2) is 7.62. The number of anilines is 1. The summed E-state index contributed by atoms with van der Waals surface area (Å²) in [5, 5.41) is 7.41. The van der Waals surface area contributed by atoms with Gasteiger partial charge in [-0.3, -0.25) is 14.8 Å². The lowest BCUT2D eigenvalue weighted by atomic mass is 9.95. The SMILES string of the molecule is Cc1nn(C)c(C)c1C=CC(=O)Nc1nc2ccccc2n1C1CCCCC1. The maximum atomic E-state index is 12.6.